The molecular weight excluding hydrogens is 264 g/mol. The zero-order chi connectivity index (χ0) is 14.0. The number of ether oxygens (including phenoxy) is 1. The Morgan fingerprint density at radius 1 is 1.47 bits per heavy atom. The number of benzene rings is 1. The van der Waals surface area contributed by atoms with Crippen LogP contribution in [0.5, 0.6) is 0 Å². The molecule has 4 nitrogen and oxygen atoms in total. The standard InChI is InChI=1S/C14H19ClN2O2/c1-14(2,3)19-13(18)17-9-4-5-11(15)10(8-9)12-6-7-16-12/h4-5,8,12,16H,6-7H2,1-3H3,(H,17,18). The van der Waals surface area contributed by atoms with Gasteiger partial charge in [-0.05, 0) is 57.5 Å². The minimum absolute atomic E-state index is 0.285. The van der Waals surface area contributed by atoms with Crippen LogP contribution in [0.4, 0.5) is 10.5 Å². The van der Waals surface area contributed by atoms with Gasteiger partial charge in [-0.25, -0.2) is 4.79 Å². The summed E-state index contributed by atoms with van der Waals surface area (Å²) in [6.45, 7) is 6.50. The van der Waals surface area contributed by atoms with Crippen LogP contribution in [0.2, 0.25) is 5.02 Å². The number of carbonyl (C=O) groups is 1. The molecule has 0 aromatic heterocycles. The van der Waals surface area contributed by atoms with E-state index in [1.165, 1.54) is 0 Å². The summed E-state index contributed by atoms with van der Waals surface area (Å²) < 4.78 is 5.21. The minimum atomic E-state index is -0.505. The van der Waals surface area contributed by atoms with E-state index in [2.05, 4.69) is 10.6 Å². The molecule has 104 valence electrons. The molecule has 2 N–H and O–H groups in total. The lowest BCUT2D eigenvalue weighted by molar-refractivity contribution is 0.0636. The molecule has 1 amide bonds. The Kier molecular flexibility index (Phi) is 4.02. The third-order valence-electron chi connectivity index (χ3n) is 2.84. The monoisotopic (exact) mass is 282 g/mol. The molecule has 1 aliphatic rings. The molecule has 0 spiro atoms. The van der Waals surface area contributed by atoms with Gasteiger partial charge in [-0.2, -0.15) is 0 Å². The highest BCUT2D eigenvalue weighted by Crippen LogP contribution is 2.31. The fourth-order valence-electron chi connectivity index (χ4n) is 1.86. The average molecular weight is 283 g/mol. The second kappa shape index (κ2) is 5.39. The first-order valence-electron chi connectivity index (χ1n) is 6.38. The van der Waals surface area contributed by atoms with Crippen molar-refractivity contribution >= 4 is 23.4 Å². The summed E-state index contributed by atoms with van der Waals surface area (Å²) in [7, 11) is 0. The van der Waals surface area contributed by atoms with Gasteiger partial charge >= 0.3 is 6.09 Å². The third kappa shape index (κ3) is 3.85. The summed E-state index contributed by atoms with van der Waals surface area (Å²) in [6.07, 6.45) is 0.609. The fraction of sp³-hybridized carbons (Fsp3) is 0.500. The molecule has 5 heteroatoms. The lowest BCUT2D eigenvalue weighted by Gasteiger charge is -2.29. The smallest absolute Gasteiger partial charge is 0.412 e. The summed E-state index contributed by atoms with van der Waals surface area (Å²) in [5, 5.41) is 6.73. The molecule has 2 rings (SSSR count). The summed E-state index contributed by atoms with van der Waals surface area (Å²) in [6, 6.07) is 5.74. The zero-order valence-electron chi connectivity index (χ0n) is 11.4. The maximum absolute atomic E-state index is 11.7. The van der Waals surface area contributed by atoms with E-state index in [-0.39, 0.29) is 6.04 Å². The molecule has 0 radical (unpaired) electrons. The molecule has 0 aliphatic carbocycles. The van der Waals surface area contributed by atoms with E-state index in [9.17, 15) is 4.79 Å². The first kappa shape index (κ1) is 14.2. The highest BCUT2D eigenvalue weighted by Gasteiger charge is 2.22. The van der Waals surface area contributed by atoms with Crippen molar-refractivity contribution in [3.05, 3.63) is 28.8 Å². The molecule has 0 bridgehead atoms. The number of carbonyl (C=O) groups excluding carboxylic acids is 1. The maximum Gasteiger partial charge on any atom is 0.412 e. The molecule has 1 unspecified atom stereocenters. The van der Waals surface area contributed by atoms with E-state index in [0.29, 0.717) is 10.7 Å². The normalized spacial score (nSPS) is 18.6. The predicted molar refractivity (Wildman–Crippen MR) is 76.7 cm³/mol. The fourth-order valence-corrected chi connectivity index (χ4v) is 2.11. The van der Waals surface area contributed by atoms with E-state index in [4.69, 9.17) is 16.3 Å². The third-order valence-corrected chi connectivity index (χ3v) is 3.18. The molecule has 19 heavy (non-hydrogen) atoms. The van der Waals surface area contributed by atoms with Gasteiger partial charge in [0.05, 0.1) is 0 Å². The number of hydrogen-bond donors (Lipinski definition) is 2. The first-order valence-corrected chi connectivity index (χ1v) is 6.76. The van der Waals surface area contributed by atoms with Crippen molar-refractivity contribution in [3.63, 3.8) is 0 Å². The van der Waals surface area contributed by atoms with Crippen molar-refractivity contribution in [2.75, 3.05) is 11.9 Å². The zero-order valence-corrected chi connectivity index (χ0v) is 12.2. The highest BCUT2D eigenvalue weighted by atomic mass is 35.5. The minimum Gasteiger partial charge on any atom is -0.444 e. The van der Waals surface area contributed by atoms with Crippen molar-refractivity contribution < 1.29 is 9.53 Å². The Bertz CT molecular complexity index is 479. The van der Waals surface area contributed by atoms with Crippen LogP contribution in [0.3, 0.4) is 0 Å². The summed E-state index contributed by atoms with van der Waals surface area (Å²) in [5.74, 6) is 0. The van der Waals surface area contributed by atoms with Crippen LogP contribution >= 0.6 is 11.6 Å². The van der Waals surface area contributed by atoms with Crippen molar-refractivity contribution in [3.8, 4) is 0 Å². The average Bonchev–Trinajstić information content (AvgIpc) is 2.17. The number of hydrogen-bond acceptors (Lipinski definition) is 3. The summed E-state index contributed by atoms with van der Waals surface area (Å²) in [5.41, 5.74) is 1.21. The second-order valence-corrected chi connectivity index (χ2v) is 6.07. The molecule has 1 atom stereocenters. The highest BCUT2D eigenvalue weighted by molar-refractivity contribution is 6.31. The van der Waals surface area contributed by atoms with E-state index in [1.54, 1.807) is 12.1 Å². The maximum atomic E-state index is 11.7. The molecule has 0 saturated carbocycles. The Labute approximate surface area is 118 Å². The van der Waals surface area contributed by atoms with Crippen molar-refractivity contribution in [1.29, 1.82) is 0 Å². The Morgan fingerprint density at radius 3 is 2.68 bits per heavy atom. The number of amides is 1. The van der Waals surface area contributed by atoms with Crippen LogP contribution in [0.1, 0.15) is 38.8 Å². The van der Waals surface area contributed by atoms with Gasteiger partial charge in [0, 0.05) is 16.8 Å². The van der Waals surface area contributed by atoms with Crippen molar-refractivity contribution in [1.82, 2.24) is 5.32 Å². The molecule has 1 aromatic rings. The first-order chi connectivity index (χ1) is 8.85. The van der Waals surface area contributed by atoms with Gasteiger partial charge in [0.2, 0.25) is 0 Å². The number of halogens is 1. The largest absolute Gasteiger partial charge is 0.444 e. The van der Waals surface area contributed by atoms with E-state index in [0.717, 1.165) is 18.5 Å². The number of rotatable bonds is 2. The quantitative estimate of drug-likeness (QED) is 0.869. The Balaban J connectivity index is 2.06. The van der Waals surface area contributed by atoms with Gasteiger partial charge in [-0.1, -0.05) is 11.6 Å². The lowest BCUT2D eigenvalue weighted by atomic mass is 9.97. The van der Waals surface area contributed by atoms with Gasteiger partial charge in [-0.3, -0.25) is 5.32 Å². The van der Waals surface area contributed by atoms with Gasteiger partial charge < -0.3 is 10.1 Å². The molecule has 1 aliphatic heterocycles. The second-order valence-electron chi connectivity index (χ2n) is 5.66. The van der Waals surface area contributed by atoms with Crippen LogP contribution in [0.15, 0.2) is 18.2 Å². The van der Waals surface area contributed by atoms with Crippen molar-refractivity contribution in [2.45, 2.75) is 38.8 Å². The molecule has 1 heterocycles. The van der Waals surface area contributed by atoms with Gasteiger partial charge in [-0.15, -0.1) is 0 Å². The van der Waals surface area contributed by atoms with E-state index in [1.807, 2.05) is 26.8 Å². The Hall–Kier alpha value is -1.26. The molecule has 1 fully saturated rings. The predicted octanol–water partition coefficient (Wildman–Crippen LogP) is 3.72. The van der Waals surface area contributed by atoms with Gasteiger partial charge in [0.1, 0.15) is 5.60 Å². The molecule has 1 saturated heterocycles. The lowest BCUT2D eigenvalue weighted by Crippen LogP contribution is -2.35. The molecular formula is C14H19ClN2O2. The summed E-state index contributed by atoms with van der Waals surface area (Å²) in [4.78, 5) is 11.7. The molecule has 1 aromatic carbocycles. The summed E-state index contributed by atoms with van der Waals surface area (Å²) >= 11 is 6.16. The number of anilines is 1. The van der Waals surface area contributed by atoms with Crippen molar-refractivity contribution in [2.24, 2.45) is 0 Å². The Morgan fingerprint density at radius 2 is 2.16 bits per heavy atom. The topological polar surface area (TPSA) is 50.4 Å². The SMILES string of the molecule is CC(C)(C)OC(=O)Nc1ccc(Cl)c(C2CCN2)c1. The van der Waals surface area contributed by atoms with E-state index < -0.39 is 11.7 Å². The van der Waals surface area contributed by atoms with Gasteiger partial charge in [0.25, 0.3) is 0 Å². The number of nitrogens with one attached hydrogen (secondary N) is 2. The van der Waals surface area contributed by atoms with Crippen LogP contribution in [-0.2, 0) is 4.74 Å². The van der Waals surface area contributed by atoms with Gasteiger partial charge in [0.15, 0.2) is 0 Å². The van der Waals surface area contributed by atoms with Crippen LogP contribution in [0, 0.1) is 0 Å². The van der Waals surface area contributed by atoms with E-state index >= 15 is 0 Å². The van der Waals surface area contributed by atoms with Crippen LogP contribution in [-0.4, -0.2) is 18.2 Å². The van der Waals surface area contributed by atoms with Crippen LogP contribution in [0.25, 0.3) is 0 Å². The van der Waals surface area contributed by atoms with Crippen LogP contribution < -0.4 is 10.6 Å².